The van der Waals surface area contributed by atoms with Crippen LogP contribution in [0, 0.1) is 0 Å². The van der Waals surface area contributed by atoms with Crippen molar-refractivity contribution in [3.8, 4) is 0 Å². The third-order valence-corrected chi connectivity index (χ3v) is 1.84. The highest BCUT2D eigenvalue weighted by Crippen LogP contribution is 2.21. The summed E-state index contributed by atoms with van der Waals surface area (Å²) < 4.78 is 24.5. The molecule has 0 aliphatic carbocycles. The molecule has 4 heteroatoms. The molecule has 14 heavy (non-hydrogen) atoms. The molecule has 0 bridgehead atoms. The van der Waals surface area contributed by atoms with Crippen LogP contribution in [0.4, 0.5) is 8.78 Å². The van der Waals surface area contributed by atoms with E-state index in [2.05, 4.69) is 0 Å². The number of ketones is 1. The van der Waals surface area contributed by atoms with E-state index in [4.69, 9.17) is 0 Å². The molecule has 0 saturated carbocycles. The fourth-order valence-electron chi connectivity index (χ4n) is 1.12. The molecule has 0 amide bonds. The molecule has 0 N–H and O–H groups in total. The van der Waals surface area contributed by atoms with Crippen LogP contribution in [0.3, 0.4) is 0 Å². The van der Waals surface area contributed by atoms with Crippen LogP contribution >= 0.6 is 0 Å². The molecule has 0 aliphatic heterocycles. The van der Waals surface area contributed by atoms with Gasteiger partial charge in [0, 0.05) is 16.7 Å². The molecule has 0 aromatic heterocycles. The molecule has 0 saturated heterocycles. The second-order valence-corrected chi connectivity index (χ2v) is 2.82. The van der Waals surface area contributed by atoms with E-state index in [0.29, 0.717) is 6.29 Å². The Labute approximate surface area is 79.5 Å². The molecule has 0 spiro atoms. The number of alkyl halides is 2. The molecule has 74 valence electrons. The van der Waals surface area contributed by atoms with E-state index in [0.717, 1.165) is 12.1 Å². The van der Waals surface area contributed by atoms with Crippen LogP contribution in [0.5, 0.6) is 0 Å². The molecule has 1 rings (SSSR count). The molecule has 0 radical (unpaired) electrons. The van der Waals surface area contributed by atoms with Crippen LogP contribution in [0.2, 0.25) is 0 Å². The summed E-state index contributed by atoms with van der Waals surface area (Å²) in [5, 5.41) is 0. The SMILES string of the molecule is CC(=O)c1cc(C(F)F)ccc1C=O. The number of aldehydes is 1. The molecule has 0 aliphatic rings. The van der Waals surface area contributed by atoms with E-state index >= 15 is 0 Å². The van der Waals surface area contributed by atoms with E-state index in [1.54, 1.807) is 0 Å². The lowest BCUT2D eigenvalue weighted by atomic mass is 10.0. The maximum absolute atomic E-state index is 12.2. The topological polar surface area (TPSA) is 34.1 Å². The Hall–Kier alpha value is -1.58. The Morgan fingerprint density at radius 3 is 2.50 bits per heavy atom. The number of carbonyl (C=O) groups is 2. The summed E-state index contributed by atoms with van der Waals surface area (Å²) in [5.41, 5.74) is -0.0690. The van der Waals surface area contributed by atoms with Gasteiger partial charge in [-0.25, -0.2) is 8.78 Å². The van der Waals surface area contributed by atoms with Gasteiger partial charge in [-0.2, -0.15) is 0 Å². The monoisotopic (exact) mass is 198 g/mol. The predicted molar refractivity (Wildman–Crippen MR) is 46.8 cm³/mol. The van der Waals surface area contributed by atoms with Gasteiger partial charge in [-0.15, -0.1) is 0 Å². The van der Waals surface area contributed by atoms with Gasteiger partial charge in [0.1, 0.15) is 0 Å². The number of rotatable bonds is 3. The number of Topliss-reactive ketones (excluding diaryl/α,β-unsaturated/α-hetero) is 1. The second kappa shape index (κ2) is 4.09. The van der Waals surface area contributed by atoms with E-state index in [-0.39, 0.29) is 16.7 Å². The second-order valence-electron chi connectivity index (χ2n) is 2.82. The molecule has 2 nitrogen and oxygen atoms in total. The van der Waals surface area contributed by atoms with Crippen LogP contribution in [0.1, 0.15) is 39.6 Å². The zero-order chi connectivity index (χ0) is 10.7. The lowest BCUT2D eigenvalue weighted by Gasteiger charge is -2.04. The van der Waals surface area contributed by atoms with Crippen molar-refractivity contribution in [3.05, 3.63) is 34.9 Å². The van der Waals surface area contributed by atoms with Crippen LogP contribution in [0.15, 0.2) is 18.2 Å². The van der Waals surface area contributed by atoms with Crippen LogP contribution < -0.4 is 0 Å². The molecule has 1 aromatic rings. The van der Waals surface area contributed by atoms with Gasteiger partial charge in [-0.1, -0.05) is 12.1 Å². The van der Waals surface area contributed by atoms with Gasteiger partial charge in [-0.3, -0.25) is 9.59 Å². The zero-order valence-electron chi connectivity index (χ0n) is 7.46. The average molecular weight is 198 g/mol. The summed E-state index contributed by atoms with van der Waals surface area (Å²) in [5.74, 6) is -0.394. The van der Waals surface area contributed by atoms with Crippen molar-refractivity contribution in [2.75, 3.05) is 0 Å². The Kier molecular flexibility index (Phi) is 3.06. The van der Waals surface area contributed by atoms with Crippen molar-refractivity contribution in [1.29, 1.82) is 0 Å². The average Bonchev–Trinajstić information content (AvgIpc) is 2.16. The lowest BCUT2D eigenvalue weighted by Crippen LogP contribution is -2.00. The minimum absolute atomic E-state index is 0.0396. The Morgan fingerprint density at radius 2 is 2.07 bits per heavy atom. The summed E-state index contributed by atoms with van der Waals surface area (Å²) in [4.78, 5) is 21.5. The third kappa shape index (κ3) is 2.02. The summed E-state index contributed by atoms with van der Waals surface area (Å²) in [6.07, 6.45) is -2.15. The standard InChI is InChI=1S/C10H8F2O2/c1-6(14)9-4-7(10(11)12)2-3-8(9)5-13/h2-5,10H,1H3. The molecular formula is C10H8F2O2. The van der Waals surface area contributed by atoms with Gasteiger partial charge >= 0.3 is 0 Å². The van der Waals surface area contributed by atoms with Crippen molar-refractivity contribution in [3.63, 3.8) is 0 Å². The van der Waals surface area contributed by atoms with Crippen LogP contribution in [-0.2, 0) is 0 Å². The highest BCUT2D eigenvalue weighted by atomic mass is 19.3. The number of benzene rings is 1. The van der Waals surface area contributed by atoms with Gasteiger partial charge in [-0.05, 0) is 13.0 Å². The van der Waals surface area contributed by atoms with Gasteiger partial charge in [0.2, 0.25) is 0 Å². The van der Waals surface area contributed by atoms with Crippen molar-refractivity contribution in [1.82, 2.24) is 0 Å². The fraction of sp³-hybridized carbons (Fsp3) is 0.200. The maximum atomic E-state index is 12.2. The first-order valence-electron chi connectivity index (χ1n) is 3.94. The maximum Gasteiger partial charge on any atom is 0.263 e. The predicted octanol–water partition coefficient (Wildman–Crippen LogP) is 2.64. The Balaban J connectivity index is 3.27. The summed E-state index contributed by atoms with van der Waals surface area (Å²) in [6.45, 7) is 1.23. The van der Waals surface area contributed by atoms with Gasteiger partial charge in [0.25, 0.3) is 6.43 Å². The number of hydrogen-bond acceptors (Lipinski definition) is 2. The molecule has 0 heterocycles. The van der Waals surface area contributed by atoms with Gasteiger partial charge in [0.15, 0.2) is 12.1 Å². The zero-order valence-corrected chi connectivity index (χ0v) is 7.46. The van der Waals surface area contributed by atoms with Crippen molar-refractivity contribution in [2.45, 2.75) is 13.3 Å². The van der Waals surface area contributed by atoms with E-state index in [1.807, 2.05) is 0 Å². The fourth-order valence-corrected chi connectivity index (χ4v) is 1.12. The van der Waals surface area contributed by atoms with E-state index in [9.17, 15) is 18.4 Å². The Morgan fingerprint density at radius 1 is 1.43 bits per heavy atom. The largest absolute Gasteiger partial charge is 0.298 e. The molecule has 0 fully saturated rings. The minimum Gasteiger partial charge on any atom is -0.298 e. The molecular weight excluding hydrogens is 190 g/mol. The molecule has 0 unspecified atom stereocenters. The third-order valence-electron chi connectivity index (χ3n) is 1.84. The van der Waals surface area contributed by atoms with Gasteiger partial charge in [0.05, 0.1) is 0 Å². The van der Waals surface area contributed by atoms with E-state index < -0.39 is 12.2 Å². The first-order chi connectivity index (χ1) is 6.56. The number of halogens is 2. The minimum atomic E-state index is -2.63. The number of hydrogen-bond donors (Lipinski definition) is 0. The van der Waals surface area contributed by atoms with Crippen molar-refractivity contribution < 1.29 is 18.4 Å². The number of carbonyl (C=O) groups excluding carboxylic acids is 2. The van der Waals surface area contributed by atoms with Crippen LogP contribution in [-0.4, -0.2) is 12.1 Å². The molecule has 0 atom stereocenters. The van der Waals surface area contributed by atoms with Gasteiger partial charge < -0.3 is 0 Å². The molecule has 1 aromatic carbocycles. The van der Waals surface area contributed by atoms with Crippen molar-refractivity contribution >= 4 is 12.1 Å². The lowest BCUT2D eigenvalue weighted by molar-refractivity contribution is 0.100. The summed E-state index contributed by atoms with van der Waals surface area (Å²) >= 11 is 0. The summed E-state index contributed by atoms with van der Waals surface area (Å²) in [7, 11) is 0. The highest BCUT2D eigenvalue weighted by Gasteiger charge is 2.12. The highest BCUT2D eigenvalue weighted by molar-refractivity contribution is 6.01. The first-order valence-corrected chi connectivity index (χ1v) is 3.94. The summed E-state index contributed by atoms with van der Waals surface area (Å²) in [6, 6.07) is 3.42. The van der Waals surface area contributed by atoms with Crippen molar-refractivity contribution in [2.24, 2.45) is 0 Å². The van der Waals surface area contributed by atoms with Crippen LogP contribution in [0.25, 0.3) is 0 Å². The Bertz CT molecular complexity index is 372. The normalized spacial score (nSPS) is 10.3. The van der Waals surface area contributed by atoms with E-state index in [1.165, 1.54) is 13.0 Å². The first kappa shape index (κ1) is 10.5. The smallest absolute Gasteiger partial charge is 0.263 e. The quantitative estimate of drug-likeness (QED) is 0.552.